The SMILES string of the molecule is CCOc1ccc(C(=O)N(Cc2cccs2)CC2CCCO2)cc1[N+](=O)[O-]. The monoisotopic (exact) mass is 390 g/mol. The number of rotatable bonds is 8. The van der Waals surface area contributed by atoms with Crippen LogP contribution < -0.4 is 4.74 Å². The molecule has 144 valence electrons. The van der Waals surface area contributed by atoms with Gasteiger partial charge in [-0.25, -0.2) is 0 Å². The van der Waals surface area contributed by atoms with Crippen LogP contribution in [0.2, 0.25) is 0 Å². The van der Waals surface area contributed by atoms with Gasteiger partial charge in [-0.05, 0) is 43.3 Å². The van der Waals surface area contributed by atoms with Crippen molar-refractivity contribution in [1.29, 1.82) is 0 Å². The van der Waals surface area contributed by atoms with Crippen LogP contribution in [0.25, 0.3) is 0 Å². The van der Waals surface area contributed by atoms with E-state index in [-0.39, 0.29) is 29.0 Å². The fourth-order valence-electron chi connectivity index (χ4n) is 3.10. The van der Waals surface area contributed by atoms with Crippen LogP contribution in [0.4, 0.5) is 5.69 Å². The molecule has 1 saturated heterocycles. The first kappa shape index (κ1) is 19.3. The molecule has 1 aliphatic rings. The average Bonchev–Trinajstić information content (AvgIpc) is 3.35. The quantitative estimate of drug-likeness (QED) is 0.505. The summed E-state index contributed by atoms with van der Waals surface area (Å²) in [7, 11) is 0. The molecule has 1 fully saturated rings. The lowest BCUT2D eigenvalue weighted by Crippen LogP contribution is -2.36. The van der Waals surface area contributed by atoms with E-state index in [1.54, 1.807) is 29.2 Å². The van der Waals surface area contributed by atoms with E-state index < -0.39 is 4.92 Å². The molecule has 0 bridgehead atoms. The molecule has 2 heterocycles. The van der Waals surface area contributed by atoms with Gasteiger partial charge in [0, 0.05) is 29.7 Å². The van der Waals surface area contributed by atoms with E-state index in [4.69, 9.17) is 9.47 Å². The second-order valence-electron chi connectivity index (χ2n) is 6.27. The molecular weight excluding hydrogens is 368 g/mol. The highest BCUT2D eigenvalue weighted by Gasteiger charge is 2.26. The van der Waals surface area contributed by atoms with Crippen LogP contribution >= 0.6 is 11.3 Å². The second-order valence-corrected chi connectivity index (χ2v) is 7.30. The van der Waals surface area contributed by atoms with Gasteiger partial charge in [-0.15, -0.1) is 11.3 Å². The van der Waals surface area contributed by atoms with Gasteiger partial charge in [0.2, 0.25) is 0 Å². The minimum Gasteiger partial charge on any atom is -0.487 e. The first-order valence-electron chi connectivity index (χ1n) is 8.93. The molecule has 0 N–H and O–H groups in total. The number of thiophene rings is 1. The van der Waals surface area contributed by atoms with Crippen LogP contribution in [0, 0.1) is 10.1 Å². The number of nitrogens with zero attached hydrogens (tertiary/aromatic N) is 2. The van der Waals surface area contributed by atoms with Gasteiger partial charge in [-0.2, -0.15) is 0 Å². The van der Waals surface area contributed by atoms with Gasteiger partial charge in [-0.3, -0.25) is 14.9 Å². The molecule has 0 radical (unpaired) electrons. The van der Waals surface area contributed by atoms with Crippen molar-refractivity contribution in [2.75, 3.05) is 19.8 Å². The zero-order valence-electron chi connectivity index (χ0n) is 15.1. The number of carbonyl (C=O) groups is 1. The van der Waals surface area contributed by atoms with Gasteiger partial charge in [0.05, 0.1) is 24.2 Å². The van der Waals surface area contributed by atoms with Crippen molar-refractivity contribution in [2.24, 2.45) is 0 Å². The van der Waals surface area contributed by atoms with Gasteiger partial charge < -0.3 is 14.4 Å². The maximum absolute atomic E-state index is 13.1. The van der Waals surface area contributed by atoms with E-state index in [9.17, 15) is 14.9 Å². The molecule has 1 aliphatic heterocycles. The Morgan fingerprint density at radius 3 is 2.93 bits per heavy atom. The molecular formula is C19H22N2O5S. The highest BCUT2D eigenvalue weighted by Crippen LogP contribution is 2.29. The Kier molecular flexibility index (Phi) is 6.41. The minimum absolute atomic E-state index is 0.00611. The standard InChI is InChI=1S/C19H22N2O5S/c1-2-25-18-8-7-14(11-17(18)21(23)24)19(22)20(12-15-5-3-9-26-15)13-16-6-4-10-27-16/h4,6-8,10-11,15H,2-3,5,9,12-13H2,1H3. The first-order chi connectivity index (χ1) is 13.1. The Morgan fingerprint density at radius 1 is 1.44 bits per heavy atom. The van der Waals surface area contributed by atoms with Gasteiger partial charge in [0.25, 0.3) is 5.91 Å². The number of carbonyl (C=O) groups excluding carboxylic acids is 1. The van der Waals surface area contributed by atoms with Crippen LogP contribution in [0.15, 0.2) is 35.7 Å². The predicted octanol–water partition coefficient (Wildman–Crippen LogP) is 3.88. The lowest BCUT2D eigenvalue weighted by Gasteiger charge is -2.25. The molecule has 0 aliphatic carbocycles. The van der Waals surface area contributed by atoms with Crippen LogP contribution in [0.5, 0.6) is 5.75 Å². The van der Waals surface area contributed by atoms with Crippen molar-refractivity contribution in [3.05, 3.63) is 56.3 Å². The lowest BCUT2D eigenvalue weighted by atomic mass is 10.1. The van der Waals surface area contributed by atoms with Crippen molar-refractivity contribution in [3.8, 4) is 5.75 Å². The van der Waals surface area contributed by atoms with Crippen molar-refractivity contribution >= 4 is 22.9 Å². The summed E-state index contributed by atoms with van der Waals surface area (Å²) < 4.78 is 11.0. The van der Waals surface area contributed by atoms with Crippen molar-refractivity contribution in [1.82, 2.24) is 4.90 Å². The number of hydrogen-bond donors (Lipinski definition) is 0. The number of benzene rings is 1. The Labute approximate surface area is 161 Å². The van der Waals surface area contributed by atoms with Crippen molar-refractivity contribution in [3.63, 3.8) is 0 Å². The predicted molar refractivity (Wildman–Crippen MR) is 102 cm³/mol. The third kappa shape index (κ3) is 4.84. The third-order valence-electron chi connectivity index (χ3n) is 4.36. The molecule has 8 heteroatoms. The maximum Gasteiger partial charge on any atom is 0.311 e. The Hall–Kier alpha value is -2.45. The Morgan fingerprint density at radius 2 is 2.30 bits per heavy atom. The fourth-order valence-corrected chi connectivity index (χ4v) is 3.82. The number of hydrogen-bond acceptors (Lipinski definition) is 6. The summed E-state index contributed by atoms with van der Waals surface area (Å²) in [6.07, 6.45) is 1.91. The summed E-state index contributed by atoms with van der Waals surface area (Å²) in [5, 5.41) is 13.3. The van der Waals surface area contributed by atoms with E-state index in [1.165, 1.54) is 12.1 Å². The molecule has 0 saturated carbocycles. The van der Waals surface area contributed by atoms with E-state index in [1.807, 2.05) is 17.5 Å². The molecule has 1 atom stereocenters. The molecule has 27 heavy (non-hydrogen) atoms. The highest BCUT2D eigenvalue weighted by molar-refractivity contribution is 7.09. The summed E-state index contributed by atoms with van der Waals surface area (Å²) in [4.78, 5) is 26.7. The molecule has 3 rings (SSSR count). The van der Waals surface area contributed by atoms with Crippen LogP contribution in [-0.4, -0.2) is 41.6 Å². The minimum atomic E-state index is -0.522. The number of amides is 1. The van der Waals surface area contributed by atoms with Gasteiger partial charge in [-0.1, -0.05) is 6.07 Å². The molecule has 0 spiro atoms. The van der Waals surface area contributed by atoms with E-state index in [0.717, 1.165) is 17.7 Å². The zero-order chi connectivity index (χ0) is 19.2. The van der Waals surface area contributed by atoms with Crippen LogP contribution in [0.3, 0.4) is 0 Å². The third-order valence-corrected chi connectivity index (χ3v) is 5.23. The largest absolute Gasteiger partial charge is 0.487 e. The van der Waals surface area contributed by atoms with E-state index >= 15 is 0 Å². The summed E-state index contributed by atoms with van der Waals surface area (Å²) in [5.41, 5.74) is 0.0793. The number of nitro benzene ring substituents is 1. The molecule has 2 aromatic rings. The van der Waals surface area contributed by atoms with Crippen molar-refractivity contribution < 1.29 is 19.2 Å². The Balaban J connectivity index is 1.85. The van der Waals surface area contributed by atoms with Crippen LogP contribution in [0.1, 0.15) is 35.0 Å². The molecule has 7 nitrogen and oxygen atoms in total. The molecule has 1 unspecified atom stereocenters. The topological polar surface area (TPSA) is 81.9 Å². The van der Waals surface area contributed by atoms with E-state index in [0.29, 0.717) is 26.3 Å². The molecule has 1 aromatic heterocycles. The molecule has 1 aromatic carbocycles. The average molecular weight is 390 g/mol. The summed E-state index contributed by atoms with van der Waals surface area (Å²) in [6, 6.07) is 8.28. The summed E-state index contributed by atoms with van der Waals surface area (Å²) in [6.45, 7) is 3.71. The van der Waals surface area contributed by atoms with Gasteiger partial charge in [0.1, 0.15) is 0 Å². The maximum atomic E-state index is 13.1. The second kappa shape index (κ2) is 8.96. The zero-order valence-corrected chi connectivity index (χ0v) is 15.9. The number of nitro groups is 1. The molecule has 1 amide bonds. The van der Waals surface area contributed by atoms with E-state index in [2.05, 4.69) is 0 Å². The lowest BCUT2D eigenvalue weighted by molar-refractivity contribution is -0.385. The van der Waals surface area contributed by atoms with Gasteiger partial charge >= 0.3 is 5.69 Å². The van der Waals surface area contributed by atoms with Gasteiger partial charge in [0.15, 0.2) is 5.75 Å². The Bertz CT molecular complexity index is 787. The van der Waals surface area contributed by atoms with Crippen molar-refractivity contribution in [2.45, 2.75) is 32.4 Å². The fraction of sp³-hybridized carbons (Fsp3) is 0.421. The normalized spacial score (nSPS) is 16.3. The first-order valence-corrected chi connectivity index (χ1v) is 9.81. The summed E-state index contributed by atoms with van der Waals surface area (Å²) >= 11 is 1.58. The highest BCUT2D eigenvalue weighted by atomic mass is 32.1. The number of ether oxygens (including phenoxy) is 2. The van der Waals surface area contributed by atoms with Crippen LogP contribution in [-0.2, 0) is 11.3 Å². The smallest absolute Gasteiger partial charge is 0.311 e. The summed E-state index contributed by atoms with van der Waals surface area (Å²) in [5.74, 6) is -0.0759.